The molecule has 0 atom stereocenters. The van der Waals surface area contributed by atoms with Crippen molar-refractivity contribution in [2.45, 2.75) is 12.8 Å². The Labute approximate surface area is 89.2 Å². The van der Waals surface area contributed by atoms with Crippen LogP contribution in [0.25, 0.3) is 0 Å². The summed E-state index contributed by atoms with van der Waals surface area (Å²) in [7, 11) is 0. The van der Waals surface area contributed by atoms with Crippen LogP contribution in [0.15, 0.2) is 28.4 Å². The molecule has 0 spiro atoms. The Morgan fingerprint density at radius 3 is 3.00 bits per heavy atom. The van der Waals surface area contributed by atoms with Crippen LogP contribution in [0.3, 0.4) is 0 Å². The van der Waals surface area contributed by atoms with Crippen LogP contribution in [0.1, 0.15) is 10.6 Å². The van der Waals surface area contributed by atoms with Crippen molar-refractivity contribution >= 4 is 27.3 Å². The summed E-state index contributed by atoms with van der Waals surface area (Å²) in [6.45, 7) is 0. The van der Waals surface area contributed by atoms with E-state index in [0.717, 1.165) is 12.8 Å². The van der Waals surface area contributed by atoms with Gasteiger partial charge in [-0.05, 0) is 40.2 Å². The van der Waals surface area contributed by atoms with Gasteiger partial charge in [0.05, 0.1) is 6.33 Å². The Morgan fingerprint density at radius 2 is 2.38 bits per heavy atom. The lowest BCUT2D eigenvalue weighted by Crippen LogP contribution is -1.88. The van der Waals surface area contributed by atoms with E-state index in [-0.39, 0.29) is 0 Å². The highest BCUT2D eigenvalue weighted by molar-refractivity contribution is 9.10. The van der Waals surface area contributed by atoms with Gasteiger partial charge >= 0.3 is 0 Å². The third-order valence-electron chi connectivity index (χ3n) is 1.87. The van der Waals surface area contributed by atoms with Gasteiger partial charge in [-0.2, -0.15) is 0 Å². The highest BCUT2D eigenvalue weighted by Crippen LogP contribution is 2.23. The molecule has 0 saturated heterocycles. The molecule has 0 amide bonds. The molecule has 13 heavy (non-hydrogen) atoms. The zero-order valence-corrected chi connectivity index (χ0v) is 9.36. The maximum absolute atomic E-state index is 3.98. The van der Waals surface area contributed by atoms with E-state index in [9.17, 15) is 0 Å². The first kappa shape index (κ1) is 8.97. The summed E-state index contributed by atoms with van der Waals surface area (Å²) >= 11 is 5.31. The van der Waals surface area contributed by atoms with Crippen LogP contribution in [-0.4, -0.2) is 9.97 Å². The quantitative estimate of drug-likeness (QED) is 0.899. The first-order valence-electron chi connectivity index (χ1n) is 4.05. The largest absolute Gasteiger partial charge is 0.348 e. The lowest BCUT2D eigenvalue weighted by molar-refractivity contribution is 0.938. The van der Waals surface area contributed by atoms with Crippen molar-refractivity contribution in [1.82, 2.24) is 9.97 Å². The number of aryl methyl sites for hydroxylation is 2. The van der Waals surface area contributed by atoms with E-state index < -0.39 is 0 Å². The molecular weight excluding hydrogens is 248 g/mol. The molecule has 1 N–H and O–H groups in total. The zero-order chi connectivity index (χ0) is 9.10. The maximum Gasteiger partial charge on any atom is 0.0921 e. The second kappa shape index (κ2) is 4.07. The molecule has 0 aliphatic carbocycles. The van der Waals surface area contributed by atoms with Gasteiger partial charge in [0.25, 0.3) is 0 Å². The number of nitrogens with one attached hydrogen (secondary N) is 1. The smallest absolute Gasteiger partial charge is 0.0921 e. The number of rotatable bonds is 3. The van der Waals surface area contributed by atoms with Crippen LogP contribution in [0.2, 0.25) is 0 Å². The topological polar surface area (TPSA) is 28.7 Å². The van der Waals surface area contributed by atoms with Crippen molar-refractivity contribution < 1.29 is 0 Å². The number of hydrogen-bond acceptors (Lipinski definition) is 2. The van der Waals surface area contributed by atoms with E-state index in [0.29, 0.717) is 0 Å². The first-order valence-corrected chi connectivity index (χ1v) is 5.72. The standard InChI is InChI=1S/C9H9BrN2S/c10-8-3-4-13-9(8)2-1-7-5-11-6-12-7/h3-6H,1-2H2,(H,11,12). The third-order valence-corrected chi connectivity index (χ3v) is 3.85. The van der Waals surface area contributed by atoms with Crippen LogP contribution in [0.4, 0.5) is 0 Å². The van der Waals surface area contributed by atoms with Gasteiger partial charge in [-0.15, -0.1) is 11.3 Å². The summed E-state index contributed by atoms with van der Waals surface area (Å²) < 4.78 is 1.22. The van der Waals surface area contributed by atoms with Crippen LogP contribution < -0.4 is 0 Å². The lowest BCUT2D eigenvalue weighted by Gasteiger charge is -1.96. The number of nitrogens with zero attached hydrogens (tertiary/aromatic N) is 1. The summed E-state index contributed by atoms with van der Waals surface area (Å²) in [5.74, 6) is 0. The molecule has 0 aliphatic heterocycles. The minimum absolute atomic E-state index is 1.03. The Balaban J connectivity index is 1.97. The number of hydrogen-bond donors (Lipinski definition) is 1. The fourth-order valence-corrected chi connectivity index (χ4v) is 2.73. The van der Waals surface area contributed by atoms with E-state index in [2.05, 4.69) is 37.3 Å². The summed E-state index contributed by atoms with van der Waals surface area (Å²) in [4.78, 5) is 8.48. The first-order chi connectivity index (χ1) is 6.36. The van der Waals surface area contributed by atoms with Crippen molar-refractivity contribution in [1.29, 1.82) is 0 Å². The van der Waals surface area contributed by atoms with Gasteiger partial charge in [-0.3, -0.25) is 0 Å². The zero-order valence-electron chi connectivity index (χ0n) is 6.96. The monoisotopic (exact) mass is 256 g/mol. The van der Waals surface area contributed by atoms with Crippen molar-refractivity contribution in [3.05, 3.63) is 39.0 Å². The van der Waals surface area contributed by atoms with Crippen molar-refractivity contribution in [3.8, 4) is 0 Å². The van der Waals surface area contributed by atoms with Gasteiger partial charge in [-0.25, -0.2) is 4.98 Å². The minimum atomic E-state index is 1.03. The predicted molar refractivity (Wildman–Crippen MR) is 58.0 cm³/mol. The van der Waals surface area contributed by atoms with Gasteiger partial charge in [0.1, 0.15) is 0 Å². The Hall–Kier alpha value is -0.610. The van der Waals surface area contributed by atoms with E-state index in [4.69, 9.17) is 0 Å². The second-order valence-electron chi connectivity index (χ2n) is 2.77. The van der Waals surface area contributed by atoms with Crippen LogP contribution >= 0.6 is 27.3 Å². The van der Waals surface area contributed by atoms with Gasteiger partial charge in [-0.1, -0.05) is 0 Å². The highest BCUT2D eigenvalue weighted by atomic mass is 79.9. The Bertz CT molecular complexity index is 367. The molecule has 0 bridgehead atoms. The molecule has 4 heteroatoms. The number of aromatic amines is 1. The van der Waals surface area contributed by atoms with Crippen LogP contribution in [-0.2, 0) is 12.8 Å². The van der Waals surface area contributed by atoms with Crippen LogP contribution in [0, 0.1) is 0 Å². The van der Waals surface area contributed by atoms with Crippen molar-refractivity contribution in [2.75, 3.05) is 0 Å². The summed E-state index contributed by atoms with van der Waals surface area (Å²) in [6.07, 6.45) is 5.69. The molecular formula is C9H9BrN2S. The van der Waals surface area contributed by atoms with Gasteiger partial charge in [0, 0.05) is 21.2 Å². The second-order valence-corrected chi connectivity index (χ2v) is 4.62. The van der Waals surface area contributed by atoms with E-state index >= 15 is 0 Å². The summed E-state index contributed by atoms with van der Waals surface area (Å²) in [5, 5.41) is 2.10. The molecule has 0 aliphatic rings. The fourth-order valence-electron chi connectivity index (χ4n) is 1.17. The average molecular weight is 257 g/mol. The third kappa shape index (κ3) is 2.19. The number of H-pyrrole nitrogens is 1. The fraction of sp³-hybridized carbons (Fsp3) is 0.222. The number of thiophene rings is 1. The molecule has 0 aromatic carbocycles. The van der Waals surface area contributed by atoms with Gasteiger partial charge in [0.2, 0.25) is 0 Å². The highest BCUT2D eigenvalue weighted by Gasteiger charge is 2.01. The molecule has 0 saturated carbocycles. The predicted octanol–water partition coefficient (Wildman–Crippen LogP) is 3.02. The molecule has 2 aromatic rings. The van der Waals surface area contributed by atoms with E-state index in [1.54, 1.807) is 17.7 Å². The molecule has 2 nitrogen and oxygen atoms in total. The Kier molecular flexibility index (Phi) is 2.80. The van der Waals surface area contributed by atoms with Gasteiger partial charge < -0.3 is 4.98 Å². The molecule has 68 valence electrons. The number of imidazole rings is 1. The van der Waals surface area contributed by atoms with Gasteiger partial charge in [0.15, 0.2) is 0 Å². The minimum Gasteiger partial charge on any atom is -0.348 e. The van der Waals surface area contributed by atoms with E-state index in [1.807, 2.05) is 6.20 Å². The molecule has 2 aromatic heterocycles. The van der Waals surface area contributed by atoms with Crippen LogP contribution in [0.5, 0.6) is 0 Å². The van der Waals surface area contributed by atoms with Crippen molar-refractivity contribution in [3.63, 3.8) is 0 Å². The molecule has 0 fully saturated rings. The number of halogens is 1. The lowest BCUT2D eigenvalue weighted by atomic mass is 10.2. The average Bonchev–Trinajstić information content (AvgIpc) is 2.72. The molecule has 2 heterocycles. The number of aromatic nitrogens is 2. The Morgan fingerprint density at radius 1 is 1.46 bits per heavy atom. The SMILES string of the molecule is Brc1ccsc1CCc1cnc[nH]1. The van der Waals surface area contributed by atoms with E-state index in [1.165, 1.54) is 15.0 Å². The molecule has 2 rings (SSSR count). The maximum atomic E-state index is 3.98. The van der Waals surface area contributed by atoms with Crippen molar-refractivity contribution in [2.24, 2.45) is 0 Å². The summed E-state index contributed by atoms with van der Waals surface area (Å²) in [6, 6.07) is 2.09. The summed E-state index contributed by atoms with van der Waals surface area (Å²) in [5.41, 5.74) is 1.19. The molecule has 0 unspecified atom stereocenters. The molecule has 0 radical (unpaired) electrons. The normalized spacial score (nSPS) is 10.5.